The van der Waals surface area contributed by atoms with Crippen LogP contribution in [0.15, 0.2) is 72.8 Å². The van der Waals surface area contributed by atoms with E-state index >= 15 is 0 Å². The van der Waals surface area contributed by atoms with E-state index in [4.69, 9.17) is 9.47 Å². The van der Waals surface area contributed by atoms with Crippen LogP contribution in [0.3, 0.4) is 0 Å². The molecule has 0 spiro atoms. The summed E-state index contributed by atoms with van der Waals surface area (Å²) in [4.78, 5) is 55.2. The molecule has 2 N–H and O–H groups in total. The number of piperidine rings is 1. The van der Waals surface area contributed by atoms with Gasteiger partial charge in [-0.15, -0.1) is 0 Å². The molecule has 0 radical (unpaired) electrons. The lowest BCUT2D eigenvalue weighted by molar-refractivity contribution is -0.138. The molecule has 0 bridgehead atoms. The number of benzene rings is 3. The minimum absolute atomic E-state index is 0.0415. The van der Waals surface area contributed by atoms with Crippen molar-refractivity contribution in [2.45, 2.75) is 19.3 Å². The number of likely N-dealkylation sites (tertiary alicyclic amines) is 1. The zero-order valence-corrected chi connectivity index (χ0v) is 23.7. The van der Waals surface area contributed by atoms with Gasteiger partial charge in [-0.25, -0.2) is 0 Å². The Labute approximate surface area is 244 Å². The number of nitrogens with zero attached hydrogens (tertiary/aromatic N) is 2. The Kier molecular flexibility index (Phi) is 8.71. The topological polar surface area (TPSA) is 117 Å². The van der Waals surface area contributed by atoms with Gasteiger partial charge in [-0.2, -0.15) is 0 Å². The summed E-state index contributed by atoms with van der Waals surface area (Å²) in [7, 11) is 2.96. The Morgan fingerprint density at radius 2 is 1.36 bits per heavy atom. The quantitative estimate of drug-likeness (QED) is 0.420. The summed E-state index contributed by atoms with van der Waals surface area (Å²) >= 11 is 0. The van der Waals surface area contributed by atoms with Gasteiger partial charge < -0.3 is 29.9 Å². The first-order chi connectivity index (χ1) is 20.4. The highest BCUT2D eigenvalue weighted by Gasteiger charge is 2.38. The van der Waals surface area contributed by atoms with Crippen LogP contribution >= 0.6 is 0 Å². The van der Waals surface area contributed by atoms with E-state index in [0.717, 1.165) is 5.69 Å². The zero-order valence-electron chi connectivity index (χ0n) is 23.7. The molecule has 3 aromatic carbocycles. The van der Waals surface area contributed by atoms with E-state index in [0.29, 0.717) is 60.9 Å². The van der Waals surface area contributed by atoms with E-state index in [1.165, 1.54) is 14.2 Å². The number of hydrogen-bond acceptors (Lipinski definition) is 6. The number of hydrogen-bond donors (Lipinski definition) is 2. The lowest BCUT2D eigenvalue weighted by atomic mass is 9.94. The van der Waals surface area contributed by atoms with Crippen molar-refractivity contribution in [3.05, 3.63) is 78.4 Å². The minimum Gasteiger partial charge on any atom is -0.494 e. The normalized spacial score (nSPS) is 17.1. The maximum atomic E-state index is 13.2. The molecule has 218 valence electrons. The van der Waals surface area contributed by atoms with Gasteiger partial charge in [-0.05, 0) is 37.1 Å². The summed E-state index contributed by atoms with van der Waals surface area (Å²) in [6.07, 6.45) is 1.20. The third-order valence-corrected chi connectivity index (χ3v) is 7.78. The summed E-state index contributed by atoms with van der Waals surface area (Å²) in [6, 6.07) is 21.4. The van der Waals surface area contributed by atoms with Crippen LogP contribution in [0.5, 0.6) is 11.5 Å². The van der Waals surface area contributed by atoms with Crippen LogP contribution in [0, 0.1) is 11.8 Å². The van der Waals surface area contributed by atoms with Crippen LogP contribution in [-0.4, -0.2) is 62.4 Å². The molecule has 10 nitrogen and oxygen atoms in total. The van der Waals surface area contributed by atoms with Crippen molar-refractivity contribution in [3.8, 4) is 11.5 Å². The molecule has 4 amide bonds. The van der Waals surface area contributed by atoms with Crippen molar-refractivity contribution < 1.29 is 28.7 Å². The molecule has 2 heterocycles. The minimum atomic E-state index is -0.388. The fourth-order valence-corrected chi connectivity index (χ4v) is 5.46. The fourth-order valence-electron chi connectivity index (χ4n) is 5.46. The van der Waals surface area contributed by atoms with Gasteiger partial charge >= 0.3 is 0 Å². The maximum Gasteiger partial charge on any atom is 0.255 e. The highest BCUT2D eigenvalue weighted by molar-refractivity contribution is 6.06. The predicted molar refractivity (Wildman–Crippen MR) is 159 cm³/mol. The van der Waals surface area contributed by atoms with E-state index < -0.39 is 0 Å². The Balaban J connectivity index is 1.18. The third kappa shape index (κ3) is 6.22. The lowest BCUT2D eigenvalue weighted by Crippen LogP contribution is -2.44. The number of para-hydroxylation sites is 1. The standard InChI is InChI=1S/C32H34N4O6/c1-41-27-19-26(28(42-2)18-25(27)33-30(38)21-9-5-3-6-10-21)34-31(39)22-13-15-35(16-14-22)32(40)23-17-29(37)36(20-23)24-11-7-4-8-12-24/h3-12,18-19,22-23H,13-17,20H2,1-2H3,(H,33,38)(H,34,39). The molecule has 1 unspecified atom stereocenters. The Bertz CT molecular complexity index is 1450. The third-order valence-electron chi connectivity index (χ3n) is 7.78. The molecular formula is C32H34N4O6. The average molecular weight is 571 g/mol. The molecule has 1 atom stereocenters. The van der Waals surface area contributed by atoms with Gasteiger partial charge in [0.25, 0.3) is 5.91 Å². The van der Waals surface area contributed by atoms with Crippen molar-refractivity contribution in [1.82, 2.24) is 4.90 Å². The monoisotopic (exact) mass is 570 g/mol. The number of methoxy groups -OCH3 is 2. The van der Waals surface area contributed by atoms with Crippen molar-refractivity contribution in [2.75, 3.05) is 49.4 Å². The van der Waals surface area contributed by atoms with Gasteiger partial charge in [0, 0.05) is 55.4 Å². The van der Waals surface area contributed by atoms with Crippen LogP contribution < -0.4 is 25.0 Å². The van der Waals surface area contributed by atoms with Crippen LogP contribution in [0.4, 0.5) is 17.1 Å². The molecule has 0 aliphatic carbocycles. The average Bonchev–Trinajstić information content (AvgIpc) is 3.43. The molecule has 2 aliphatic heterocycles. The first kappa shape index (κ1) is 28.7. The summed E-state index contributed by atoms with van der Waals surface area (Å²) < 4.78 is 11.0. The predicted octanol–water partition coefficient (Wildman–Crippen LogP) is 4.19. The molecule has 3 aromatic rings. The highest BCUT2D eigenvalue weighted by atomic mass is 16.5. The van der Waals surface area contributed by atoms with Gasteiger partial charge in [-0.3, -0.25) is 19.2 Å². The van der Waals surface area contributed by atoms with E-state index in [2.05, 4.69) is 10.6 Å². The molecule has 42 heavy (non-hydrogen) atoms. The van der Waals surface area contributed by atoms with Crippen molar-refractivity contribution in [1.29, 1.82) is 0 Å². The number of amides is 4. The van der Waals surface area contributed by atoms with Crippen LogP contribution in [0.1, 0.15) is 29.6 Å². The molecule has 0 aromatic heterocycles. The van der Waals surface area contributed by atoms with Gasteiger partial charge in [-0.1, -0.05) is 36.4 Å². The van der Waals surface area contributed by atoms with Crippen LogP contribution in [0.2, 0.25) is 0 Å². The molecule has 10 heteroatoms. The second-order valence-electron chi connectivity index (χ2n) is 10.4. The van der Waals surface area contributed by atoms with Crippen LogP contribution in [-0.2, 0) is 14.4 Å². The zero-order chi connectivity index (χ0) is 29.6. The number of rotatable bonds is 8. The number of anilines is 3. The molecule has 2 fully saturated rings. The largest absolute Gasteiger partial charge is 0.494 e. The molecular weight excluding hydrogens is 536 g/mol. The van der Waals surface area contributed by atoms with Crippen LogP contribution in [0.25, 0.3) is 0 Å². The second-order valence-corrected chi connectivity index (χ2v) is 10.4. The maximum absolute atomic E-state index is 13.2. The molecule has 2 saturated heterocycles. The lowest BCUT2D eigenvalue weighted by Gasteiger charge is -2.33. The summed E-state index contributed by atoms with van der Waals surface area (Å²) in [5.41, 5.74) is 2.12. The van der Waals surface area contributed by atoms with Gasteiger partial charge in [0.15, 0.2) is 0 Å². The van der Waals surface area contributed by atoms with Gasteiger partial charge in [0.05, 0.1) is 31.5 Å². The smallest absolute Gasteiger partial charge is 0.255 e. The summed E-state index contributed by atoms with van der Waals surface area (Å²) in [5, 5.41) is 5.77. The summed E-state index contributed by atoms with van der Waals surface area (Å²) in [5.74, 6) is -0.531. The number of carbonyl (C=O) groups excluding carboxylic acids is 4. The van der Waals surface area contributed by atoms with E-state index in [1.807, 2.05) is 36.4 Å². The first-order valence-corrected chi connectivity index (χ1v) is 14.0. The number of carbonyl (C=O) groups is 4. The first-order valence-electron chi connectivity index (χ1n) is 14.0. The fraction of sp³-hybridized carbons (Fsp3) is 0.312. The van der Waals surface area contributed by atoms with Crippen molar-refractivity contribution in [2.24, 2.45) is 11.8 Å². The Hall–Kier alpha value is -4.86. The summed E-state index contributed by atoms with van der Waals surface area (Å²) in [6.45, 7) is 1.25. The second kappa shape index (κ2) is 12.8. The Morgan fingerprint density at radius 3 is 1.95 bits per heavy atom. The van der Waals surface area contributed by atoms with E-state index in [-0.39, 0.29) is 41.9 Å². The molecule has 0 saturated carbocycles. The molecule has 5 rings (SSSR count). The van der Waals surface area contributed by atoms with E-state index in [9.17, 15) is 19.2 Å². The Morgan fingerprint density at radius 1 is 0.786 bits per heavy atom. The van der Waals surface area contributed by atoms with E-state index in [1.54, 1.807) is 46.2 Å². The number of ether oxygens (including phenoxy) is 2. The van der Waals surface area contributed by atoms with Gasteiger partial charge in [0.1, 0.15) is 11.5 Å². The van der Waals surface area contributed by atoms with Crippen molar-refractivity contribution in [3.63, 3.8) is 0 Å². The van der Waals surface area contributed by atoms with Gasteiger partial charge in [0.2, 0.25) is 17.7 Å². The SMILES string of the molecule is COc1cc(NC(=O)C2CCN(C(=O)C3CC(=O)N(c4ccccc4)C3)CC2)c(OC)cc1NC(=O)c1ccccc1. The van der Waals surface area contributed by atoms with Crippen molar-refractivity contribution >= 4 is 40.7 Å². The molecule has 2 aliphatic rings. The number of nitrogens with one attached hydrogen (secondary N) is 2. The highest BCUT2D eigenvalue weighted by Crippen LogP contribution is 2.37.